The van der Waals surface area contributed by atoms with Gasteiger partial charge in [0, 0.05) is 24.6 Å². The fraction of sp³-hybridized carbons (Fsp3) is 0.323. The van der Waals surface area contributed by atoms with E-state index in [2.05, 4.69) is 16.0 Å². The Morgan fingerprint density at radius 1 is 0.902 bits per heavy atom. The summed E-state index contributed by atoms with van der Waals surface area (Å²) in [7, 11) is 6.22. The lowest BCUT2D eigenvalue weighted by Gasteiger charge is -2.19. The molecule has 0 fully saturated rings. The van der Waals surface area contributed by atoms with Crippen LogP contribution in [0.3, 0.4) is 0 Å². The molecule has 0 bridgehead atoms. The first-order valence-corrected chi connectivity index (χ1v) is 13.2. The Labute approximate surface area is 239 Å². The van der Waals surface area contributed by atoms with Crippen LogP contribution in [-0.2, 0) is 22.6 Å². The number of benzene rings is 2. The second kappa shape index (κ2) is 13.1. The molecule has 1 atom stereocenters. The van der Waals surface area contributed by atoms with Gasteiger partial charge in [0.2, 0.25) is 23.0 Å². The summed E-state index contributed by atoms with van der Waals surface area (Å²) in [5.74, 6) is 1.60. The van der Waals surface area contributed by atoms with Crippen molar-refractivity contribution in [2.24, 2.45) is 0 Å². The zero-order valence-corrected chi connectivity index (χ0v) is 23.9. The molecule has 0 heterocycles. The van der Waals surface area contributed by atoms with E-state index in [1.807, 2.05) is 30.3 Å². The summed E-state index contributed by atoms with van der Waals surface area (Å²) in [4.78, 5) is 38.2. The van der Waals surface area contributed by atoms with Crippen LogP contribution in [0.5, 0.6) is 23.0 Å². The predicted molar refractivity (Wildman–Crippen MR) is 156 cm³/mol. The van der Waals surface area contributed by atoms with Crippen molar-refractivity contribution < 1.29 is 28.5 Å². The van der Waals surface area contributed by atoms with E-state index in [0.29, 0.717) is 47.0 Å². The largest absolute Gasteiger partial charge is 0.496 e. The molecule has 1 aliphatic carbocycles. The van der Waals surface area contributed by atoms with Gasteiger partial charge in [0.15, 0.2) is 11.5 Å². The highest BCUT2D eigenvalue weighted by molar-refractivity contribution is 5.84. The number of methoxy groups -OCH3 is 4. The Hall–Kier alpha value is -4.73. The van der Waals surface area contributed by atoms with E-state index < -0.39 is 6.04 Å². The molecule has 3 aromatic rings. The Morgan fingerprint density at radius 3 is 2.32 bits per heavy atom. The molecule has 4 rings (SSSR count). The van der Waals surface area contributed by atoms with Crippen LogP contribution in [0.25, 0.3) is 11.1 Å². The molecule has 41 heavy (non-hydrogen) atoms. The molecule has 1 aliphatic rings. The zero-order valence-electron chi connectivity index (χ0n) is 23.9. The molecule has 216 valence electrons. The van der Waals surface area contributed by atoms with E-state index in [0.717, 1.165) is 16.7 Å². The first-order chi connectivity index (χ1) is 19.8. The number of fused-ring (bicyclic) bond motifs is 3. The summed E-state index contributed by atoms with van der Waals surface area (Å²) in [6.45, 7) is 1.62. The average Bonchev–Trinajstić information content (AvgIpc) is 3.22. The van der Waals surface area contributed by atoms with Crippen molar-refractivity contribution in [2.45, 2.75) is 32.4 Å². The third-order valence-electron chi connectivity index (χ3n) is 7.02. The molecule has 3 aromatic carbocycles. The first kappa shape index (κ1) is 29.3. The number of nitrogens with one attached hydrogen (secondary N) is 3. The second-order valence-electron chi connectivity index (χ2n) is 9.54. The molecule has 0 aliphatic heterocycles. The van der Waals surface area contributed by atoms with Gasteiger partial charge in [-0.3, -0.25) is 14.4 Å². The van der Waals surface area contributed by atoms with Gasteiger partial charge in [-0.05, 0) is 53.8 Å². The van der Waals surface area contributed by atoms with E-state index >= 15 is 0 Å². The van der Waals surface area contributed by atoms with Gasteiger partial charge < -0.3 is 34.9 Å². The Kier molecular flexibility index (Phi) is 9.34. The fourth-order valence-electron chi connectivity index (χ4n) is 5.13. The van der Waals surface area contributed by atoms with Crippen LogP contribution < -0.4 is 40.3 Å². The molecule has 0 spiro atoms. The summed E-state index contributed by atoms with van der Waals surface area (Å²) in [5, 5.41) is 8.79. The Bertz CT molecular complexity index is 1510. The highest BCUT2D eigenvalue weighted by Crippen LogP contribution is 2.50. The number of ether oxygens (including phenoxy) is 4. The molecular weight excluding hydrogens is 526 g/mol. The SMILES string of the molecule is COc1ccccc1CNC(=O)CNc1ccc2c(cc1=O)[C@@H](NC(C)=O)CCc1cc(OC)c(OC)c(OC)c1-2. The van der Waals surface area contributed by atoms with Gasteiger partial charge in [-0.15, -0.1) is 0 Å². The van der Waals surface area contributed by atoms with E-state index in [4.69, 9.17) is 18.9 Å². The monoisotopic (exact) mass is 561 g/mol. The van der Waals surface area contributed by atoms with E-state index in [1.165, 1.54) is 20.1 Å². The van der Waals surface area contributed by atoms with Crippen molar-refractivity contribution in [3.8, 4) is 34.1 Å². The first-order valence-electron chi connectivity index (χ1n) is 13.2. The lowest BCUT2D eigenvalue weighted by atomic mass is 9.95. The minimum absolute atomic E-state index is 0.112. The van der Waals surface area contributed by atoms with Crippen LogP contribution in [0.2, 0.25) is 0 Å². The van der Waals surface area contributed by atoms with Crippen LogP contribution in [0.1, 0.15) is 36.1 Å². The van der Waals surface area contributed by atoms with Crippen LogP contribution in [0.15, 0.2) is 53.3 Å². The minimum Gasteiger partial charge on any atom is -0.496 e. The van der Waals surface area contributed by atoms with Crippen molar-refractivity contribution in [1.82, 2.24) is 10.6 Å². The number of para-hydroxylation sites is 1. The Morgan fingerprint density at radius 2 is 1.63 bits per heavy atom. The molecule has 10 nitrogen and oxygen atoms in total. The quantitative estimate of drug-likeness (QED) is 0.343. The molecule has 0 aromatic heterocycles. The van der Waals surface area contributed by atoms with E-state index in [1.54, 1.807) is 33.5 Å². The number of aryl methyl sites for hydroxylation is 1. The predicted octanol–water partition coefficient (Wildman–Crippen LogP) is 3.60. The maximum Gasteiger partial charge on any atom is 0.239 e. The van der Waals surface area contributed by atoms with E-state index in [-0.39, 0.29) is 36.0 Å². The number of carbonyl (C=O) groups excluding carboxylic acids is 2. The van der Waals surface area contributed by atoms with Gasteiger partial charge in [-0.1, -0.05) is 24.3 Å². The maximum absolute atomic E-state index is 13.4. The number of carbonyl (C=O) groups is 2. The van der Waals surface area contributed by atoms with Gasteiger partial charge in [-0.2, -0.15) is 0 Å². The van der Waals surface area contributed by atoms with Gasteiger partial charge in [0.05, 0.1) is 46.7 Å². The van der Waals surface area contributed by atoms with Gasteiger partial charge in [0.25, 0.3) is 0 Å². The van der Waals surface area contributed by atoms with Gasteiger partial charge in [0.1, 0.15) is 5.75 Å². The van der Waals surface area contributed by atoms with Crippen molar-refractivity contribution >= 4 is 17.5 Å². The smallest absolute Gasteiger partial charge is 0.239 e. The highest BCUT2D eigenvalue weighted by Gasteiger charge is 2.29. The number of amides is 2. The van der Waals surface area contributed by atoms with Crippen molar-refractivity contribution in [3.05, 3.63) is 75.4 Å². The van der Waals surface area contributed by atoms with Gasteiger partial charge >= 0.3 is 0 Å². The number of hydrogen-bond donors (Lipinski definition) is 3. The fourth-order valence-corrected chi connectivity index (χ4v) is 5.13. The summed E-state index contributed by atoms with van der Waals surface area (Å²) in [5.41, 5.74) is 3.80. The topological polar surface area (TPSA) is 124 Å². The molecule has 0 radical (unpaired) electrons. The minimum atomic E-state index is -0.423. The molecule has 0 unspecified atom stereocenters. The van der Waals surface area contributed by atoms with Crippen molar-refractivity contribution in [1.29, 1.82) is 0 Å². The number of hydrogen-bond acceptors (Lipinski definition) is 8. The third kappa shape index (κ3) is 6.37. The van der Waals surface area contributed by atoms with E-state index in [9.17, 15) is 14.4 Å². The lowest BCUT2D eigenvalue weighted by molar-refractivity contribution is -0.120. The average molecular weight is 562 g/mol. The standard InChI is InChI=1S/C31H35N3O7/c1-18(35)34-23-12-10-19-14-27(39-3)30(40-4)31(41-5)29(19)21-11-13-24(25(36)15-22(21)23)32-17-28(37)33-16-20-8-6-7-9-26(20)38-2/h6-9,11,13-15,23H,10,12,16-17H2,1-5H3,(H,32,36)(H,33,37)(H,34,35)/t23-/m0/s1. The van der Waals surface area contributed by atoms with Crippen molar-refractivity contribution in [3.63, 3.8) is 0 Å². The second-order valence-corrected chi connectivity index (χ2v) is 9.54. The number of rotatable bonds is 10. The normalized spacial score (nSPS) is 13.5. The highest BCUT2D eigenvalue weighted by atomic mass is 16.5. The van der Waals surface area contributed by atoms with Crippen LogP contribution in [-0.4, -0.2) is 46.8 Å². The summed E-state index contributed by atoms with van der Waals surface area (Å²) >= 11 is 0. The Balaban J connectivity index is 1.70. The van der Waals surface area contributed by atoms with Crippen LogP contribution in [0.4, 0.5) is 5.69 Å². The summed E-state index contributed by atoms with van der Waals surface area (Å²) in [6.07, 6.45) is 1.15. The summed E-state index contributed by atoms with van der Waals surface area (Å²) < 4.78 is 22.3. The third-order valence-corrected chi connectivity index (χ3v) is 7.02. The number of anilines is 1. The molecule has 0 saturated carbocycles. The molecule has 3 N–H and O–H groups in total. The molecular formula is C31H35N3O7. The van der Waals surface area contributed by atoms with Crippen LogP contribution >= 0.6 is 0 Å². The van der Waals surface area contributed by atoms with Crippen LogP contribution in [0, 0.1) is 0 Å². The van der Waals surface area contributed by atoms with Crippen molar-refractivity contribution in [2.75, 3.05) is 40.3 Å². The molecule has 0 saturated heterocycles. The van der Waals surface area contributed by atoms with Gasteiger partial charge in [-0.25, -0.2) is 0 Å². The summed E-state index contributed by atoms with van der Waals surface area (Å²) in [6, 6.07) is 13.9. The lowest BCUT2D eigenvalue weighted by Crippen LogP contribution is -2.30. The zero-order chi connectivity index (χ0) is 29.5. The molecule has 10 heteroatoms. The molecule has 2 amide bonds. The maximum atomic E-state index is 13.4.